The number of aliphatic hydroxyl groups is 1. The summed E-state index contributed by atoms with van der Waals surface area (Å²) in [6.07, 6.45) is 2.91. The van der Waals surface area contributed by atoms with Gasteiger partial charge in [0.05, 0.1) is 6.10 Å². The number of rotatable bonds is 3. The molecule has 1 atom stereocenters. The third kappa shape index (κ3) is 2.35. The van der Waals surface area contributed by atoms with E-state index in [1.807, 2.05) is 0 Å². The Morgan fingerprint density at radius 2 is 2.11 bits per heavy atom. The van der Waals surface area contributed by atoms with Crippen LogP contribution >= 0.6 is 0 Å². The van der Waals surface area contributed by atoms with E-state index in [-0.39, 0.29) is 6.10 Å². The van der Waals surface area contributed by atoms with Crippen LogP contribution in [0.15, 0.2) is 6.07 Å². The predicted molar refractivity (Wildman–Crippen MR) is 75.7 cm³/mol. The van der Waals surface area contributed by atoms with Gasteiger partial charge in [-0.15, -0.1) is 0 Å². The fraction of sp³-hybridized carbons (Fsp3) is 0.750. The lowest BCUT2D eigenvalue weighted by molar-refractivity contribution is 0.153. The van der Waals surface area contributed by atoms with Crippen LogP contribution < -0.4 is 0 Å². The minimum absolute atomic E-state index is 0.240. The number of nitrogens with zero attached hydrogens (tertiary/aromatic N) is 1. The molecule has 1 aromatic rings. The van der Waals surface area contributed by atoms with E-state index in [9.17, 15) is 5.11 Å². The normalized spacial score (nSPS) is 20.3. The van der Waals surface area contributed by atoms with Gasteiger partial charge >= 0.3 is 0 Å². The molecule has 0 bridgehead atoms. The minimum Gasteiger partial charge on any atom is -0.388 e. The Balaban J connectivity index is 2.34. The van der Waals surface area contributed by atoms with Crippen molar-refractivity contribution in [3.63, 3.8) is 0 Å². The number of hydrogen-bond acceptors (Lipinski definition) is 1. The van der Waals surface area contributed by atoms with E-state index in [1.54, 1.807) is 0 Å². The highest BCUT2D eigenvalue weighted by molar-refractivity contribution is 5.31. The first kappa shape index (κ1) is 13.7. The Kier molecular flexibility index (Phi) is 3.59. The first-order valence-electron chi connectivity index (χ1n) is 7.20. The SMILES string of the molecule is Cc1cc2c(n1CC(C)(C)C(C)C)CCCC2O. The van der Waals surface area contributed by atoms with Gasteiger partial charge in [-0.05, 0) is 43.6 Å². The van der Waals surface area contributed by atoms with Crippen LogP contribution in [0, 0.1) is 18.3 Å². The first-order valence-corrected chi connectivity index (χ1v) is 7.20. The molecule has 0 saturated carbocycles. The van der Waals surface area contributed by atoms with Crippen molar-refractivity contribution in [2.45, 2.75) is 66.5 Å². The average Bonchev–Trinajstić information content (AvgIpc) is 2.57. The molecule has 2 heteroatoms. The summed E-state index contributed by atoms with van der Waals surface area (Å²) in [7, 11) is 0. The maximum absolute atomic E-state index is 10.1. The fourth-order valence-corrected chi connectivity index (χ4v) is 2.75. The highest BCUT2D eigenvalue weighted by Gasteiger charge is 2.28. The van der Waals surface area contributed by atoms with Gasteiger partial charge in [0.25, 0.3) is 0 Å². The molecule has 0 aliphatic heterocycles. The molecule has 102 valence electrons. The minimum atomic E-state index is -0.240. The van der Waals surface area contributed by atoms with Crippen molar-refractivity contribution in [2.75, 3.05) is 0 Å². The Labute approximate surface area is 111 Å². The zero-order valence-electron chi connectivity index (χ0n) is 12.5. The third-order valence-electron chi connectivity index (χ3n) is 4.83. The topological polar surface area (TPSA) is 25.2 Å². The summed E-state index contributed by atoms with van der Waals surface area (Å²) in [5.41, 5.74) is 4.15. The van der Waals surface area contributed by atoms with Crippen LogP contribution in [-0.4, -0.2) is 9.67 Å². The summed E-state index contributed by atoms with van der Waals surface area (Å²) < 4.78 is 2.44. The third-order valence-corrected chi connectivity index (χ3v) is 4.83. The highest BCUT2D eigenvalue weighted by atomic mass is 16.3. The standard InChI is InChI=1S/C16H27NO/c1-11(2)16(4,5)10-17-12(3)9-13-14(17)7-6-8-15(13)18/h9,11,15,18H,6-8,10H2,1-5H3. The van der Waals surface area contributed by atoms with Gasteiger partial charge in [-0.25, -0.2) is 0 Å². The monoisotopic (exact) mass is 249 g/mol. The summed E-state index contributed by atoms with van der Waals surface area (Å²) in [6.45, 7) is 12.5. The molecule has 0 spiro atoms. The predicted octanol–water partition coefficient (Wildman–Crippen LogP) is 3.85. The van der Waals surface area contributed by atoms with Gasteiger partial charge < -0.3 is 9.67 Å². The fourth-order valence-electron chi connectivity index (χ4n) is 2.75. The molecule has 1 aliphatic carbocycles. The second-order valence-electron chi connectivity index (χ2n) is 6.83. The van der Waals surface area contributed by atoms with Gasteiger partial charge in [0.2, 0.25) is 0 Å². The van der Waals surface area contributed by atoms with Gasteiger partial charge in [0.15, 0.2) is 0 Å². The largest absolute Gasteiger partial charge is 0.388 e. The maximum atomic E-state index is 10.1. The van der Waals surface area contributed by atoms with Crippen molar-refractivity contribution in [3.05, 3.63) is 23.0 Å². The Morgan fingerprint density at radius 3 is 2.72 bits per heavy atom. The molecule has 0 saturated heterocycles. The van der Waals surface area contributed by atoms with E-state index < -0.39 is 0 Å². The number of aromatic nitrogens is 1. The van der Waals surface area contributed by atoms with Crippen molar-refractivity contribution in [1.82, 2.24) is 4.57 Å². The van der Waals surface area contributed by atoms with E-state index in [4.69, 9.17) is 0 Å². The molecule has 0 aromatic carbocycles. The second kappa shape index (κ2) is 4.73. The van der Waals surface area contributed by atoms with Crippen molar-refractivity contribution in [2.24, 2.45) is 11.3 Å². The lowest BCUT2D eigenvalue weighted by Crippen LogP contribution is -2.27. The summed E-state index contributed by atoms with van der Waals surface area (Å²) in [6, 6.07) is 2.19. The van der Waals surface area contributed by atoms with Crippen LogP contribution in [-0.2, 0) is 13.0 Å². The van der Waals surface area contributed by atoms with Crippen molar-refractivity contribution < 1.29 is 5.11 Å². The molecule has 18 heavy (non-hydrogen) atoms. The number of aliphatic hydroxyl groups excluding tert-OH is 1. The van der Waals surface area contributed by atoms with Crippen LogP contribution in [0.1, 0.15) is 63.6 Å². The zero-order valence-corrected chi connectivity index (χ0v) is 12.5. The van der Waals surface area contributed by atoms with E-state index in [2.05, 4.69) is 45.3 Å². The van der Waals surface area contributed by atoms with Crippen molar-refractivity contribution >= 4 is 0 Å². The van der Waals surface area contributed by atoms with Crippen LogP contribution in [0.2, 0.25) is 0 Å². The van der Waals surface area contributed by atoms with Gasteiger partial charge in [0.1, 0.15) is 0 Å². The molecule has 0 amide bonds. The first-order chi connectivity index (χ1) is 8.33. The smallest absolute Gasteiger partial charge is 0.0807 e. The van der Waals surface area contributed by atoms with E-state index in [1.165, 1.54) is 17.0 Å². The molecule has 1 unspecified atom stereocenters. The molecule has 1 heterocycles. The van der Waals surface area contributed by atoms with Crippen LogP contribution in [0.25, 0.3) is 0 Å². The van der Waals surface area contributed by atoms with Crippen LogP contribution in [0.5, 0.6) is 0 Å². The zero-order chi connectivity index (χ0) is 13.5. The number of aryl methyl sites for hydroxylation is 1. The molecule has 0 fully saturated rings. The highest BCUT2D eigenvalue weighted by Crippen LogP contribution is 2.35. The molecule has 1 aliphatic rings. The van der Waals surface area contributed by atoms with Crippen molar-refractivity contribution in [3.8, 4) is 0 Å². The molecular weight excluding hydrogens is 222 g/mol. The Hall–Kier alpha value is -0.760. The molecule has 0 radical (unpaired) electrons. The quantitative estimate of drug-likeness (QED) is 0.865. The lowest BCUT2D eigenvalue weighted by atomic mass is 9.81. The molecular formula is C16H27NO. The summed E-state index contributed by atoms with van der Waals surface area (Å²) in [5.74, 6) is 0.656. The number of fused-ring (bicyclic) bond motifs is 1. The lowest BCUT2D eigenvalue weighted by Gasteiger charge is -2.32. The van der Waals surface area contributed by atoms with Gasteiger partial charge in [-0.3, -0.25) is 0 Å². The molecule has 1 N–H and O–H groups in total. The van der Waals surface area contributed by atoms with E-state index in [0.29, 0.717) is 11.3 Å². The molecule has 2 rings (SSSR count). The van der Waals surface area contributed by atoms with E-state index >= 15 is 0 Å². The summed E-state index contributed by atoms with van der Waals surface area (Å²) in [5, 5.41) is 10.1. The van der Waals surface area contributed by atoms with Crippen molar-refractivity contribution in [1.29, 1.82) is 0 Å². The summed E-state index contributed by atoms with van der Waals surface area (Å²) >= 11 is 0. The van der Waals surface area contributed by atoms with Gasteiger partial charge in [-0.1, -0.05) is 27.7 Å². The van der Waals surface area contributed by atoms with E-state index in [0.717, 1.165) is 25.8 Å². The van der Waals surface area contributed by atoms with Crippen LogP contribution in [0.3, 0.4) is 0 Å². The summed E-state index contributed by atoms with van der Waals surface area (Å²) in [4.78, 5) is 0. The Morgan fingerprint density at radius 1 is 1.44 bits per heavy atom. The maximum Gasteiger partial charge on any atom is 0.0807 e. The second-order valence-corrected chi connectivity index (χ2v) is 6.83. The molecule has 1 aromatic heterocycles. The van der Waals surface area contributed by atoms with Crippen LogP contribution in [0.4, 0.5) is 0 Å². The Bertz CT molecular complexity index is 429. The van der Waals surface area contributed by atoms with Gasteiger partial charge in [-0.2, -0.15) is 0 Å². The molecule has 2 nitrogen and oxygen atoms in total. The average molecular weight is 249 g/mol. The number of hydrogen-bond donors (Lipinski definition) is 1. The van der Waals surface area contributed by atoms with Gasteiger partial charge in [0, 0.05) is 23.5 Å².